The van der Waals surface area contributed by atoms with Crippen LogP contribution in [0.4, 0.5) is 10.3 Å². The van der Waals surface area contributed by atoms with Crippen LogP contribution in [-0.2, 0) is 22.6 Å². The van der Waals surface area contributed by atoms with Crippen molar-refractivity contribution in [2.24, 2.45) is 0 Å². The Kier molecular flexibility index (Phi) is 5.89. The smallest absolute Gasteiger partial charge is 0.260 e. The van der Waals surface area contributed by atoms with Crippen LogP contribution in [0.1, 0.15) is 31.0 Å². The molecule has 1 aromatic carbocycles. The summed E-state index contributed by atoms with van der Waals surface area (Å²) in [5.74, 6) is 0.720. The van der Waals surface area contributed by atoms with Gasteiger partial charge in [0.25, 0.3) is 5.91 Å². The summed E-state index contributed by atoms with van der Waals surface area (Å²) in [6.45, 7) is 4.55. The van der Waals surface area contributed by atoms with E-state index in [1.54, 1.807) is 6.92 Å². The Labute approximate surface area is 169 Å². The zero-order valence-electron chi connectivity index (χ0n) is 16.4. The Hall–Kier alpha value is -2.74. The number of amides is 1. The van der Waals surface area contributed by atoms with Gasteiger partial charge in [-0.3, -0.25) is 4.79 Å². The normalized spacial score (nSPS) is 18.1. The SMILES string of the molecule is C[C@H](Oc1ccc(F)cc1)C(=O)NC1CCN(c2ncc3c(n2)CCOC3)CC1. The second kappa shape index (κ2) is 8.73. The first-order valence-corrected chi connectivity index (χ1v) is 9.98. The number of fused-ring (bicyclic) bond motifs is 1. The van der Waals surface area contributed by atoms with Crippen LogP contribution in [0.5, 0.6) is 5.75 Å². The van der Waals surface area contributed by atoms with Crippen molar-refractivity contribution in [2.75, 3.05) is 24.6 Å². The Morgan fingerprint density at radius 2 is 2.07 bits per heavy atom. The Bertz CT molecular complexity index is 854. The molecule has 1 fully saturated rings. The standard InChI is InChI=1S/C21H25FN4O3/c1-14(29-18-4-2-16(22)3-5-18)20(27)24-17-6-9-26(10-7-17)21-23-12-15-13-28-11-8-19(15)25-21/h2-5,12,14,17H,6-11,13H2,1H3,(H,24,27)/t14-/m0/s1. The molecule has 0 bridgehead atoms. The molecule has 7 nitrogen and oxygen atoms in total. The van der Waals surface area contributed by atoms with Gasteiger partial charge in [0.05, 0.1) is 18.9 Å². The molecule has 8 heteroatoms. The summed E-state index contributed by atoms with van der Waals surface area (Å²) < 4.78 is 24.0. The molecule has 0 radical (unpaired) electrons. The van der Waals surface area contributed by atoms with Gasteiger partial charge >= 0.3 is 0 Å². The third-order valence-corrected chi connectivity index (χ3v) is 5.30. The number of rotatable bonds is 5. The first kappa shape index (κ1) is 19.6. The average Bonchev–Trinajstić information content (AvgIpc) is 2.75. The third-order valence-electron chi connectivity index (χ3n) is 5.30. The molecule has 154 valence electrons. The van der Waals surface area contributed by atoms with Crippen molar-refractivity contribution in [3.63, 3.8) is 0 Å². The number of carbonyl (C=O) groups is 1. The van der Waals surface area contributed by atoms with Gasteiger partial charge in [0.15, 0.2) is 6.10 Å². The number of carbonyl (C=O) groups excluding carboxylic acids is 1. The molecular weight excluding hydrogens is 375 g/mol. The lowest BCUT2D eigenvalue weighted by Crippen LogP contribution is -2.48. The predicted molar refractivity (Wildman–Crippen MR) is 105 cm³/mol. The summed E-state index contributed by atoms with van der Waals surface area (Å²) in [7, 11) is 0. The number of aromatic nitrogens is 2. The largest absolute Gasteiger partial charge is 0.481 e. The summed E-state index contributed by atoms with van der Waals surface area (Å²) >= 11 is 0. The van der Waals surface area contributed by atoms with Crippen LogP contribution >= 0.6 is 0 Å². The average molecular weight is 400 g/mol. The maximum Gasteiger partial charge on any atom is 0.260 e. The fourth-order valence-electron chi connectivity index (χ4n) is 3.59. The van der Waals surface area contributed by atoms with E-state index in [1.165, 1.54) is 24.3 Å². The van der Waals surface area contributed by atoms with E-state index < -0.39 is 6.10 Å². The Balaban J connectivity index is 1.27. The maximum atomic E-state index is 13.0. The van der Waals surface area contributed by atoms with Crippen LogP contribution in [0.25, 0.3) is 0 Å². The highest BCUT2D eigenvalue weighted by atomic mass is 19.1. The van der Waals surface area contributed by atoms with Crippen molar-refractivity contribution in [3.05, 3.63) is 47.5 Å². The molecule has 0 unspecified atom stereocenters. The van der Waals surface area contributed by atoms with Gasteiger partial charge in [-0.25, -0.2) is 14.4 Å². The summed E-state index contributed by atoms with van der Waals surface area (Å²) in [6.07, 6.45) is 3.67. The van der Waals surface area contributed by atoms with Gasteiger partial charge in [-0.1, -0.05) is 0 Å². The van der Waals surface area contributed by atoms with Crippen molar-refractivity contribution in [2.45, 2.75) is 44.9 Å². The van der Waals surface area contributed by atoms with Crippen molar-refractivity contribution in [1.29, 1.82) is 0 Å². The van der Waals surface area contributed by atoms with E-state index in [-0.39, 0.29) is 17.8 Å². The van der Waals surface area contributed by atoms with E-state index in [9.17, 15) is 9.18 Å². The van der Waals surface area contributed by atoms with Crippen LogP contribution in [0.3, 0.4) is 0 Å². The van der Waals surface area contributed by atoms with Crippen LogP contribution in [0.2, 0.25) is 0 Å². The highest BCUT2D eigenvalue weighted by Gasteiger charge is 2.25. The molecule has 1 saturated heterocycles. The molecule has 2 aromatic rings. The van der Waals surface area contributed by atoms with E-state index >= 15 is 0 Å². The summed E-state index contributed by atoms with van der Waals surface area (Å²) in [5, 5.41) is 3.05. The molecule has 2 aliphatic heterocycles. The number of ether oxygens (including phenoxy) is 2. The lowest BCUT2D eigenvalue weighted by atomic mass is 10.0. The highest BCUT2D eigenvalue weighted by molar-refractivity contribution is 5.81. The fourth-order valence-corrected chi connectivity index (χ4v) is 3.59. The van der Waals surface area contributed by atoms with E-state index in [2.05, 4.69) is 15.2 Å². The zero-order valence-corrected chi connectivity index (χ0v) is 16.4. The molecule has 0 saturated carbocycles. The molecular formula is C21H25FN4O3. The molecule has 1 N–H and O–H groups in total. The zero-order chi connectivity index (χ0) is 20.2. The second-order valence-electron chi connectivity index (χ2n) is 7.43. The van der Waals surface area contributed by atoms with Gasteiger partial charge in [0.2, 0.25) is 5.95 Å². The third kappa shape index (κ3) is 4.82. The number of hydrogen-bond acceptors (Lipinski definition) is 6. The van der Waals surface area contributed by atoms with Gasteiger partial charge < -0.3 is 19.7 Å². The van der Waals surface area contributed by atoms with Crippen LogP contribution in [-0.4, -0.2) is 47.7 Å². The topological polar surface area (TPSA) is 76.6 Å². The lowest BCUT2D eigenvalue weighted by molar-refractivity contribution is -0.128. The number of anilines is 1. The van der Waals surface area contributed by atoms with Gasteiger partial charge in [-0.2, -0.15) is 0 Å². The van der Waals surface area contributed by atoms with Gasteiger partial charge in [-0.05, 0) is 44.0 Å². The summed E-state index contributed by atoms with van der Waals surface area (Å²) in [5.41, 5.74) is 2.14. The van der Waals surface area contributed by atoms with Gasteiger partial charge in [-0.15, -0.1) is 0 Å². The molecule has 0 aliphatic carbocycles. The quantitative estimate of drug-likeness (QED) is 0.830. The molecule has 2 aliphatic rings. The minimum Gasteiger partial charge on any atom is -0.481 e. The fraction of sp³-hybridized carbons (Fsp3) is 0.476. The van der Waals surface area contributed by atoms with Crippen LogP contribution in [0.15, 0.2) is 30.5 Å². The Morgan fingerprint density at radius 1 is 1.31 bits per heavy atom. The maximum absolute atomic E-state index is 13.0. The lowest BCUT2D eigenvalue weighted by Gasteiger charge is -2.33. The van der Waals surface area contributed by atoms with Crippen molar-refractivity contribution < 1.29 is 18.7 Å². The number of piperidine rings is 1. The molecule has 29 heavy (non-hydrogen) atoms. The van der Waals surface area contributed by atoms with Crippen LogP contribution < -0.4 is 15.0 Å². The monoisotopic (exact) mass is 400 g/mol. The minimum absolute atomic E-state index is 0.0871. The first-order valence-electron chi connectivity index (χ1n) is 9.98. The minimum atomic E-state index is -0.648. The number of nitrogens with one attached hydrogen (secondary N) is 1. The van der Waals surface area contributed by atoms with E-state index in [0.717, 1.165) is 49.6 Å². The van der Waals surface area contributed by atoms with Crippen molar-refractivity contribution >= 4 is 11.9 Å². The van der Waals surface area contributed by atoms with Crippen molar-refractivity contribution in [1.82, 2.24) is 15.3 Å². The number of hydrogen-bond donors (Lipinski definition) is 1. The molecule has 4 rings (SSSR count). The molecule has 1 amide bonds. The van der Waals surface area contributed by atoms with Gasteiger partial charge in [0, 0.05) is 37.3 Å². The van der Waals surface area contributed by atoms with E-state index in [0.29, 0.717) is 19.0 Å². The molecule has 1 aromatic heterocycles. The predicted octanol–water partition coefficient (Wildman–Crippen LogP) is 2.24. The van der Waals surface area contributed by atoms with Crippen LogP contribution in [0, 0.1) is 5.82 Å². The highest BCUT2D eigenvalue weighted by Crippen LogP contribution is 2.20. The van der Waals surface area contributed by atoms with Crippen molar-refractivity contribution in [3.8, 4) is 5.75 Å². The van der Waals surface area contributed by atoms with Gasteiger partial charge in [0.1, 0.15) is 11.6 Å². The van der Waals surface area contributed by atoms with E-state index in [1.807, 2.05) is 6.20 Å². The first-order chi connectivity index (χ1) is 14.1. The number of halogens is 1. The molecule has 3 heterocycles. The number of benzene rings is 1. The van der Waals surface area contributed by atoms with E-state index in [4.69, 9.17) is 14.5 Å². The molecule has 1 atom stereocenters. The summed E-state index contributed by atoms with van der Waals surface area (Å²) in [4.78, 5) is 23.8. The molecule has 0 spiro atoms. The Morgan fingerprint density at radius 3 is 2.83 bits per heavy atom. The second-order valence-corrected chi connectivity index (χ2v) is 7.43. The summed E-state index contributed by atoms with van der Waals surface area (Å²) in [6, 6.07) is 5.74. The number of nitrogens with zero attached hydrogens (tertiary/aromatic N) is 3.